The molecule has 460 valence electrons. The number of para-hydroxylation sites is 2. The number of nitrogens with zero attached hydrogens (tertiary/aromatic N) is 2. The van der Waals surface area contributed by atoms with Crippen LogP contribution in [0.15, 0.2) is 223 Å². The molecule has 0 spiro atoms. The Morgan fingerprint density at radius 2 is 0.920 bits per heavy atom. The van der Waals surface area contributed by atoms with Gasteiger partial charge in [-0.15, -0.1) is 0 Å². The summed E-state index contributed by atoms with van der Waals surface area (Å²) in [4.78, 5) is 52.4. The molecule has 2 amide bonds. The third-order valence-corrected chi connectivity index (χ3v) is 13.5. The summed E-state index contributed by atoms with van der Waals surface area (Å²) >= 11 is 0. The maximum Gasteiger partial charge on any atom is 0.322 e. The third kappa shape index (κ3) is 28.6. The molecule has 14 nitrogen and oxygen atoms in total. The second-order valence-electron chi connectivity index (χ2n) is 20.5. The number of aliphatic imine (C=N–C) groups is 1. The first-order valence-electron chi connectivity index (χ1n) is 30.5. The number of aryl methyl sites for hydroxylation is 2. The van der Waals surface area contributed by atoms with Crippen molar-refractivity contribution in [3.63, 3.8) is 0 Å². The molecular weight excluding hydrogens is 1100 g/mol. The lowest BCUT2D eigenvalue weighted by molar-refractivity contribution is -0.146. The van der Waals surface area contributed by atoms with E-state index in [0.29, 0.717) is 70.2 Å². The molecule has 0 heterocycles. The van der Waals surface area contributed by atoms with Crippen molar-refractivity contribution >= 4 is 35.4 Å². The Morgan fingerprint density at radius 3 is 1.43 bits per heavy atom. The summed E-state index contributed by atoms with van der Waals surface area (Å²) < 4.78 is 33.4. The van der Waals surface area contributed by atoms with Gasteiger partial charge in [-0.1, -0.05) is 146 Å². The number of amides is 2. The fraction of sp³-hybridized carbons (Fsp3) is 0.297. The van der Waals surface area contributed by atoms with Crippen LogP contribution in [-0.4, -0.2) is 68.5 Å². The van der Waals surface area contributed by atoms with Crippen molar-refractivity contribution in [2.75, 3.05) is 44.8 Å². The van der Waals surface area contributed by atoms with Crippen LogP contribution in [0, 0.1) is 0 Å². The number of hydrogen-bond donors (Lipinski definition) is 2. The van der Waals surface area contributed by atoms with Gasteiger partial charge in [-0.25, -0.2) is 9.59 Å². The van der Waals surface area contributed by atoms with Gasteiger partial charge in [-0.05, 0) is 178 Å². The molecule has 0 aliphatic heterocycles. The van der Waals surface area contributed by atoms with Crippen LogP contribution >= 0.6 is 0 Å². The van der Waals surface area contributed by atoms with Crippen LogP contribution in [-0.2, 0) is 63.0 Å². The Balaban J connectivity index is 0.000000250. The largest absolute Gasteiger partial charge is 0.494 e. The molecule has 0 aliphatic rings. The van der Waals surface area contributed by atoms with Crippen LogP contribution in [0.2, 0.25) is 0 Å². The summed E-state index contributed by atoms with van der Waals surface area (Å²) in [5.41, 5.74) is 8.15. The van der Waals surface area contributed by atoms with E-state index in [1.165, 1.54) is 29.2 Å². The van der Waals surface area contributed by atoms with Crippen molar-refractivity contribution in [3.8, 4) is 23.0 Å². The highest BCUT2D eigenvalue weighted by Crippen LogP contribution is 2.20. The molecule has 88 heavy (non-hydrogen) atoms. The number of nitrogens with one attached hydrogen (secondary N) is 2. The van der Waals surface area contributed by atoms with Crippen molar-refractivity contribution in [1.29, 1.82) is 0 Å². The first-order valence-corrected chi connectivity index (χ1v) is 30.5. The maximum atomic E-state index is 13.3. The lowest BCUT2D eigenvalue weighted by Gasteiger charge is -2.24. The molecule has 0 aromatic heterocycles. The Morgan fingerprint density at radius 1 is 0.455 bits per heavy atom. The predicted octanol–water partition coefficient (Wildman–Crippen LogP) is 15.8. The van der Waals surface area contributed by atoms with Gasteiger partial charge in [0.2, 0.25) is 6.08 Å². The van der Waals surface area contributed by atoms with Crippen LogP contribution < -0.4 is 29.6 Å². The summed E-state index contributed by atoms with van der Waals surface area (Å²) in [7, 11) is 0. The van der Waals surface area contributed by atoms with Gasteiger partial charge in [0, 0.05) is 38.2 Å². The Bertz CT molecular complexity index is 3240. The molecule has 0 bridgehead atoms. The lowest BCUT2D eigenvalue weighted by Crippen LogP contribution is -2.35. The van der Waals surface area contributed by atoms with Crippen LogP contribution in [0.4, 0.5) is 16.2 Å². The number of unbranched alkanes of at least 4 members (excludes halogenated alkanes) is 2. The van der Waals surface area contributed by atoms with E-state index in [2.05, 4.69) is 82.4 Å². The van der Waals surface area contributed by atoms with E-state index in [4.69, 9.17) is 28.4 Å². The SMILES string of the molecule is CCOc1ccc(COC(=O)CCCOc2cccc(CN(CCCCc3ccccc3)C(=O)Nc3ccccc3)c2)cc1.CCOc1ccc(COC(=O)CCCOc2cccc(CNCCCCc3ccccc3)c2)cc1.O=C=Nc1ccccc1. The van der Waals surface area contributed by atoms with Gasteiger partial charge in [-0.2, -0.15) is 4.99 Å². The maximum absolute atomic E-state index is 13.3. The fourth-order valence-corrected chi connectivity index (χ4v) is 8.95. The summed E-state index contributed by atoms with van der Waals surface area (Å²) in [6.45, 7) is 9.41. The molecular formula is C74H84N4O10. The molecule has 0 saturated heterocycles. The van der Waals surface area contributed by atoms with Gasteiger partial charge in [0.05, 0.1) is 32.1 Å². The number of carbonyl (C=O) groups is 3. The monoisotopic (exact) mass is 1190 g/mol. The predicted molar refractivity (Wildman–Crippen MR) is 348 cm³/mol. The Hall–Kier alpha value is -9.49. The topological polar surface area (TPSA) is 163 Å². The summed E-state index contributed by atoms with van der Waals surface area (Å²) in [5, 5.41) is 6.53. The molecule has 0 aliphatic carbocycles. The van der Waals surface area contributed by atoms with Crippen LogP contribution in [0.25, 0.3) is 0 Å². The average Bonchev–Trinajstić information content (AvgIpc) is 3.76. The number of anilines is 1. The van der Waals surface area contributed by atoms with E-state index in [-0.39, 0.29) is 37.6 Å². The minimum atomic E-state index is -0.261. The van der Waals surface area contributed by atoms with Crippen molar-refractivity contribution in [2.24, 2.45) is 4.99 Å². The molecule has 8 aromatic rings. The number of hydrogen-bond acceptors (Lipinski definition) is 12. The highest BCUT2D eigenvalue weighted by Gasteiger charge is 2.15. The number of rotatable bonds is 34. The number of esters is 2. The molecule has 8 aromatic carbocycles. The minimum Gasteiger partial charge on any atom is -0.494 e. The van der Waals surface area contributed by atoms with Gasteiger partial charge in [0.15, 0.2) is 0 Å². The molecule has 14 heteroatoms. The highest BCUT2D eigenvalue weighted by molar-refractivity contribution is 5.89. The Kier molecular flexibility index (Phi) is 31.9. The zero-order valence-electron chi connectivity index (χ0n) is 50.9. The van der Waals surface area contributed by atoms with Gasteiger partial charge in [0.25, 0.3) is 0 Å². The number of isocyanates is 1. The first-order chi connectivity index (χ1) is 43.2. The molecule has 0 unspecified atom stereocenters. The van der Waals surface area contributed by atoms with Gasteiger partial charge >= 0.3 is 18.0 Å². The summed E-state index contributed by atoms with van der Waals surface area (Å²) in [5.74, 6) is 2.68. The second-order valence-corrected chi connectivity index (χ2v) is 20.5. The minimum absolute atomic E-state index is 0.133. The fourth-order valence-electron chi connectivity index (χ4n) is 8.95. The van der Waals surface area contributed by atoms with Crippen molar-refractivity contribution in [2.45, 2.75) is 104 Å². The lowest BCUT2D eigenvalue weighted by atomic mass is 10.1. The molecule has 0 atom stereocenters. The van der Waals surface area contributed by atoms with Crippen LogP contribution in [0.3, 0.4) is 0 Å². The van der Waals surface area contributed by atoms with E-state index in [9.17, 15) is 19.2 Å². The van der Waals surface area contributed by atoms with E-state index < -0.39 is 0 Å². The van der Waals surface area contributed by atoms with Crippen LogP contribution in [0.1, 0.15) is 98.6 Å². The number of urea groups is 1. The molecule has 8 rings (SSSR count). The van der Waals surface area contributed by atoms with Crippen molar-refractivity contribution in [3.05, 3.63) is 252 Å². The van der Waals surface area contributed by atoms with E-state index >= 15 is 0 Å². The first kappa shape index (κ1) is 67.6. The zero-order chi connectivity index (χ0) is 61.9. The quantitative estimate of drug-likeness (QED) is 0.0171. The van der Waals surface area contributed by atoms with Crippen LogP contribution in [0.5, 0.6) is 23.0 Å². The third-order valence-electron chi connectivity index (χ3n) is 13.5. The van der Waals surface area contributed by atoms with Gasteiger partial charge in [-0.3, -0.25) is 9.59 Å². The smallest absolute Gasteiger partial charge is 0.322 e. The number of benzene rings is 8. The van der Waals surface area contributed by atoms with E-state index in [0.717, 1.165) is 84.8 Å². The molecule has 0 saturated carbocycles. The highest BCUT2D eigenvalue weighted by atomic mass is 16.5. The standard InChI is InChI=1S/C37H42N2O5.C30H37NO4.C7H5NO/c1-2-42-34-23-21-31(22-24-34)29-44-36(40)20-12-26-43-35-19-11-16-32(27-35)28-39(37(41)38-33-17-7-4-8-18-33)25-10-9-15-30-13-5-3-6-14-30;1-2-33-28-18-16-26(17-19-28)24-35-30(32)15-9-21-34-29-14-8-13-27(22-29)23-31-20-7-6-12-25-10-4-3-5-11-25;9-6-8-7-4-2-1-3-5-7/h3-8,11,13-14,16-19,21-24,27H,2,9-10,12,15,20,25-26,28-29H2,1H3,(H,38,41);3-5,8,10-11,13-14,16-19,22,31H,2,6-7,9,12,15,20-21,23-24H2,1H3;1-5H. The average molecular weight is 1190 g/mol. The van der Waals surface area contributed by atoms with Crippen molar-refractivity contribution < 1.29 is 47.6 Å². The van der Waals surface area contributed by atoms with Gasteiger partial charge in [0.1, 0.15) is 36.2 Å². The number of carbonyl (C=O) groups excluding carboxylic acids is 4. The second kappa shape index (κ2) is 41.5. The van der Waals surface area contributed by atoms with E-state index in [1.807, 2.05) is 158 Å². The summed E-state index contributed by atoms with van der Waals surface area (Å²) in [6.07, 6.45) is 9.55. The molecule has 0 radical (unpaired) electrons. The normalized spacial score (nSPS) is 10.3. The Labute approximate surface area is 519 Å². The zero-order valence-corrected chi connectivity index (χ0v) is 50.9. The van der Waals surface area contributed by atoms with Crippen molar-refractivity contribution in [1.82, 2.24) is 10.2 Å². The van der Waals surface area contributed by atoms with E-state index in [1.54, 1.807) is 12.1 Å². The summed E-state index contributed by atoms with van der Waals surface area (Å²) in [6, 6.07) is 70.4. The molecule has 2 N–H and O–H groups in total. The number of ether oxygens (including phenoxy) is 6. The van der Waals surface area contributed by atoms with Gasteiger partial charge < -0.3 is 44.0 Å². The molecule has 0 fully saturated rings.